The summed E-state index contributed by atoms with van der Waals surface area (Å²) in [6.07, 6.45) is 3.58. The maximum absolute atomic E-state index is 12.7. The Labute approximate surface area is 169 Å². The number of carbonyl (C=O) groups is 2. The predicted octanol–water partition coefficient (Wildman–Crippen LogP) is 1.37. The van der Waals surface area contributed by atoms with Crippen molar-refractivity contribution in [3.8, 4) is 17.6 Å². The topological polar surface area (TPSA) is 140 Å². The minimum Gasteiger partial charge on any atom is -0.493 e. The van der Waals surface area contributed by atoms with Gasteiger partial charge in [0.2, 0.25) is 11.8 Å². The minimum absolute atomic E-state index is 0.0252. The largest absolute Gasteiger partial charge is 0.493 e. The van der Waals surface area contributed by atoms with E-state index in [2.05, 4.69) is 15.0 Å². The van der Waals surface area contributed by atoms with Gasteiger partial charge >= 0.3 is 12.1 Å². The number of aromatic hydroxyl groups is 1. The summed E-state index contributed by atoms with van der Waals surface area (Å²) in [5.74, 6) is -0.0277. The lowest BCUT2D eigenvalue weighted by molar-refractivity contribution is 0.117. The van der Waals surface area contributed by atoms with Crippen molar-refractivity contribution in [2.45, 2.75) is 0 Å². The summed E-state index contributed by atoms with van der Waals surface area (Å²) in [5.41, 5.74) is 5.62. The van der Waals surface area contributed by atoms with Crippen LogP contribution in [0.4, 0.5) is 9.59 Å². The highest BCUT2D eigenvalue weighted by molar-refractivity contribution is 6.30. The molecule has 3 aromatic heterocycles. The molecule has 0 atom stereocenters. The number of carbonyl (C=O) groups excluding carboxylic acids is 2. The monoisotopic (exact) mass is 417 g/mol. The third-order valence-electron chi connectivity index (χ3n) is 4.50. The van der Waals surface area contributed by atoms with Crippen LogP contribution in [-0.2, 0) is 0 Å². The Morgan fingerprint density at radius 1 is 1.03 bits per heavy atom. The molecule has 0 radical (unpaired) electrons. The van der Waals surface area contributed by atoms with Gasteiger partial charge in [-0.2, -0.15) is 0 Å². The SMILES string of the molecule is NC(=O)N1CCN(C(=O)Oc2c3nccnc3c(O)n2-c2ccc(Cl)cn2)CC1. The average molecular weight is 418 g/mol. The molecule has 1 fully saturated rings. The van der Waals surface area contributed by atoms with Gasteiger partial charge in [-0.1, -0.05) is 11.6 Å². The van der Waals surface area contributed by atoms with Crippen molar-refractivity contribution in [1.82, 2.24) is 29.3 Å². The number of nitrogens with two attached hydrogens (primary N) is 1. The normalized spacial score (nSPS) is 14.2. The van der Waals surface area contributed by atoms with Crippen molar-refractivity contribution in [3.63, 3.8) is 0 Å². The van der Waals surface area contributed by atoms with E-state index in [1.54, 1.807) is 12.1 Å². The summed E-state index contributed by atoms with van der Waals surface area (Å²) >= 11 is 5.89. The average Bonchev–Trinajstić information content (AvgIpc) is 3.01. The van der Waals surface area contributed by atoms with Crippen molar-refractivity contribution in [2.75, 3.05) is 26.2 Å². The molecule has 3 N–H and O–H groups in total. The number of pyridine rings is 1. The summed E-state index contributed by atoms with van der Waals surface area (Å²) in [4.78, 5) is 39.3. The summed E-state index contributed by atoms with van der Waals surface area (Å²) in [7, 11) is 0. The van der Waals surface area contributed by atoms with Crippen LogP contribution in [0.1, 0.15) is 0 Å². The van der Waals surface area contributed by atoms with E-state index in [1.165, 1.54) is 33.0 Å². The number of fused-ring (bicyclic) bond motifs is 1. The van der Waals surface area contributed by atoms with Gasteiger partial charge in [0, 0.05) is 44.8 Å². The second-order valence-corrected chi connectivity index (χ2v) is 6.67. The van der Waals surface area contributed by atoms with E-state index in [1.807, 2.05) is 0 Å². The van der Waals surface area contributed by atoms with E-state index in [-0.39, 0.29) is 41.7 Å². The van der Waals surface area contributed by atoms with Gasteiger partial charge in [0.1, 0.15) is 5.82 Å². The molecule has 1 aliphatic rings. The van der Waals surface area contributed by atoms with E-state index < -0.39 is 12.1 Å². The van der Waals surface area contributed by atoms with Crippen LogP contribution < -0.4 is 10.5 Å². The third kappa shape index (κ3) is 3.47. The first-order valence-electron chi connectivity index (χ1n) is 8.63. The molecule has 12 heteroatoms. The Hall–Kier alpha value is -3.60. The molecule has 0 aromatic carbocycles. The number of amides is 3. The lowest BCUT2D eigenvalue weighted by Crippen LogP contribution is -2.52. The zero-order valence-corrected chi connectivity index (χ0v) is 15.8. The third-order valence-corrected chi connectivity index (χ3v) is 4.73. The standard InChI is InChI=1S/C17H16ClN7O4/c18-10-1-2-11(22-9-10)25-14(26)12-13(21-4-3-20-12)15(25)29-17(28)24-7-5-23(6-8-24)16(19)27/h1-4,9,26H,5-8H2,(H2,19,27). The highest BCUT2D eigenvalue weighted by Crippen LogP contribution is 2.37. The van der Waals surface area contributed by atoms with Crippen LogP contribution in [0.2, 0.25) is 5.02 Å². The first-order valence-corrected chi connectivity index (χ1v) is 9.01. The molecule has 4 heterocycles. The Kier molecular flexibility index (Phi) is 4.80. The fourth-order valence-corrected chi connectivity index (χ4v) is 3.14. The molecule has 0 spiro atoms. The number of aromatic nitrogens is 4. The van der Waals surface area contributed by atoms with Gasteiger partial charge in [-0.15, -0.1) is 0 Å². The Bertz CT molecular complexity index is 1080. The van der Waals surface area contributed by atoms with Crippen molar-refractivity contribution >= 4 is 34.8 Å². The van der Waals surface area contributed by atoms with E-state index >= 15 is 0 Å². The molecule has 1 aliphatic heterocycles. The fourth-order valence-electron chi connectivity index (χ4n) is 3.03. The molecule has 1 saturated heterocycles. The molecule has 0 unspecified atom stereocenters. The van der Waals surface area contributed by atoms with Crippen molar-refractivity contribution in [1.29, 1.82) is 0 Å². The van der Waals surface area contributed by atoms with E-state index in [0.29, 0.717) is 18.1 Å². The number of rotatable bonds is 2. The van der Waals surface area contributed by atoms with E-state index in [9.17, 15) is 14.7 Å². The maximum Gasteiger partial charge on any atom is 0.416 e. The predicted molar refractivity (Wildman–Crippen MR) is 102 cm³/mol. The fraction of sp³-hybridized carbons (Fsp3) is 0.235. The molecule has 11 nitrogen and oxygen atoms in total. The van der Waals surface area contributed by atoms with Gasteiger partial charge in [0.15, 0.2) is 11.0 Å². The van der Waals surface area contributed by atoms with Crippen molar-refractivity contribution < 1.29 is 19.4 Å². The highest BCUT2D eigenvalue weighted by atomic mass is 35.5. The van der Waals surface area contributed by atoms with Crippen LogP contribution in [0.5, 0.6) is 11.8 Å². The Morgan fingerprint density at radius 3 is 2.31 bits per heavy atom. The Balaban J connectivity index is 1.68. The molecule has 0 bridgehead atoms. The molecule has 0 aliphatic carbocycles. The second-order valence-electron chi connectivity index (χ2n) is 6.23. The lowest BCUT2D eigenvalue weighted by atomic mass is 10.3. The number of primary amides is 1. The molecule has 3 aromatic rings. The van der Waals surface area contributed by atoms with Gasteiger partial charge in [0.25, 0.3) is 0 Å². The van der Waals surface area contributed by atoms with Gasteiger partial charge in [-0.3, -0.25) is 0 Å². The summed E-state index contributed by atoms with van der Waals surface area (Å²) in [5, 5.41) is 11.0. The first-order chi connectivity index (χ1) is 14.0. The number of halogens is 1. The minimum atomic E-state index is -0.658. The Morgan fingerprint density at radius 2 is 1.69 bits per heavy atom. The number of ether oxygens (including phenoxy) is 1. The van der Waals surface area contributed by atoms with Crippen LogP contribution in [0.3, 0.4) is 0 Å². The summed E-state index contributed by atoms with van der Waals surface area (Å²) in [6.45, 7) is 1.13. The van der Waals surface area contributed by atoms with Gasteiger partial charge in [-0.05, 0) is 12.1 Å². The maximum atomic E-state index is 12.7. The van der Waals surface area contributed by atoms with Crippen LogP contribution in [-0.4, -0.2) is 72.7 Å². The van der Waals surface area contributed by atoms with Gasteiger partial charge < -0.3 is 25.4 Å². The van der Waals surface area contributed by atoms with E-state index in [4.69, 9.17) is 22.1 Å². The molecule has 0 saturated carbocycles. The molecule has 29 heavy (non-hydrogen) atoms. The summed E-state index contributed by atoms with van der Waals surface area (Å²) < 4.78 is 6.81. The van der Waals surface area contributed by atoms with Gasteiger partial charge in [-0.25, -0.2) is 29.1 Å². The number of nitrogens with zero attached hydrogens (tertiary/aromatic N) is 6. The zero-order valence-electron chi connectivity index (χ0n) is 15.0. The van der Waals surface area contributed by atoms with E-state index in [0.717, 1.165) is 0 Å². The quantitative estimate of drug-likeness (QED) is 0.641. The molecule has 4 rings (SSSR count). The number of piperazine rings is 1. The molecule has 3 amide bonds. The van der Waals surface area contributed by atoms with Crippen LogP contribution in [0.15, 0.2) is 30.7 Å². The number of hydrogen-bond acceptors (Lipinski definition) is 7. The van der Waals surface area contributed by atoms with Crippen LogP contribution in [0, 0.1) is 0 Å². The number of hydrogen-bond donors (Lipinski definition) is 2. The first kappa shape index (κ1) is 18.7. The molecular formula is C17H16ClN7O4. The highest BCUT2D eigenvalue weighted by Gasteiger charge is 2.28. The van der Waals surface area contributed by atoms with Crippen molar-refractivity contribution in [2.24, 2.45) is 5.73 Å². The van der Waals surface area contributed by atoms with Crippen molar-refractivity contribution in [3.05, 3.63) is 35.7 Å². The number of urea groups is 1. The van der Waals surface area contributed by atoms with Gasteiger partial charge in [0.05, 0.1) is 5.02 Å². The van der Waals surface area contributed by atoms with Crippen LogP contribution >= 0.6 is 11.6 Å². The second kappa shape index (κ2) is 7.43. The molecule has 150 valence electrons. The molecular weight excluding hydrogens is 402 g/mol. The zero-order chi connectivity index (χ0) is 20.5. The summed E-state index contributed by atoms with van der Waals surface area (Å²) in [6, 6.07) is 2.61. The smallest absolute Gasteiger partial charge is 0.416 e. The van der Waals surface area contributed by atoms with Crippen LogP contribution in [0.25, 0.3) is 16.9 Å². The lowest BCUT2D eigenvalue weighted by Gasteiger charge is -2.32.